The molecule has 2 unspecified atom stereocenters. The Kier molecular flexibility index (Phi) is 8.62. The number of fused-ring (bicyclic) bond motifs is 8. The van der Waals surface area contributed by atoms with Gasteiger partial charge in [0.1, 0.15) is 0 Å². The molecule has 3 nitrogen and oxygen atoms in total. The lowest BCUT2D eigenvalue weighted by atomic mass is 9.47. The molecule has 67 heavy (non-hydrogen) atoms. The summed E-state index contributed by atoms with van der Waals surface area (Å²) < 4.78 is 5.02. The lowest BCUT2D eigenvalue weighted by molar-refractivity contribution is 0.0533. The third-order valence-electron chi connectivity index (χ3n) is 16.2. The van der Waals surface area contributed by atoms with Gasteiger partial charge in [0, 0.05) is 49.7 Å². The van der Waals surface area contributed by atoms with Gasteiger partial charge >= 0.3 is 0 Å². The van der Waals surface area contributed by atoms with Crippen molar-refractivity contribution in [2.24, 2.45) is 17.8 Å². The van der Waals surface area contributed by atoms with Crippen LogP contribution in [0.5, 0.6) is 0 Å². The zero-order chi connectivity index (χ0) is 44.2. The highest BCUT2D eigenvalue weighted by atomic mass is 15.1. The molecule has 0 N–H and O–H groups in total. The van der Waals surface area contributed by atoms with Gasteiger partial charge in [0.05, 0.1) is 27.8 Å². The highest BCUT2D eigenvalue weighted by Gasteiger charge is 2.56. The van der Waals surface area contributed by atoms with Crippen molar-refractivity contribution in [2.45, 2.75) is 44.4 Å². The predicted molar refractivity (Wildman–Crippen MR) is 281 cm³/mol. The van der Waals surface area contributed by atoms with E-state index in [1.807, 2.05) is 0 Å². The number of aromatic nitrogens is 2. The van der Waals surface area contributed by atoms with Crippen LogP contribution in [0.4, 0.5) is 17.1 Å². The number of rotatable bonds is 6. The SMILES string of the molecule is CC1C[C@H]2CCC[C@@H](C1)C21c2ccccc2-n2c3ccccc3c3cc(N(c4ccc(-c5ccc(-n6c7ccccc7c7ccccc76)cc5)cc4)c4cccc(-c5ccccc5)c4)cc1c32. The van der Waals surface area contributed by atoms with Gasteiger partial charge in [0.15, 0.2) is 0 Å². The smallest absolute Gasteiger partial charge is 0.0584 e. The molecule has 9 aromatic carbocycles. The van der Waals surface area contributed by atoms with Crippen molar-refractivity contribution in [3.8, 4) is 33.6 Å². The minimum atomic E-state index is -0.0488. The third-order valence-corrected chi connectivity index (χ3v) is 16.2. The molecule has 14 rings (SSSR count). The van der Waals surface area contributed by atoms with E-state index < -0.39 is 0 Å². The van der Waals surface area contributed by atoms with E-state index in [0.717, 1.165) is 17.3 Å². The normalized spacial score (nSPS) is 19.6. The Bertz CT molecular complexity index is 3640. The molecule has 2 saturated carbocycles. The Morgan fingerprint density at radius 1 is 0.418 bits per heavy atom. The van der Waals surface area contributed by atoms with Crippen LogP contribution in [0.25, 0.3) is 77.2 Å². The summed E-state index contributed by atoms with van der Waals surface area (Å²) in [7, 11) is 0. The Hall–Kier alpha value is -7.62. The monoisotopic (exact) mass is 861 g/mol. The van der Waals surface area contributed by atoms with Crippen LogP contribution in [0.2, 0.25) is 0 Å². The lowest BCUT2D eigenvalue weighted by Gasteiger charge is -2.57. The first-order valence-corrected chi connectivity index (χ1v) is 24.5. The van der Waals surface area contributed by atoms with Crippen molar-refractivity contribution in [2.75, 3.05) is 4.90 Å². The van der Waals surface area contributed by atoms with Gasteiger partial charge in [-0.15, -0.1) is 0 Å². The Balaban J connectivity index is 0.953. The molecule has 0 saturated heterocycles. The summed E-state index contributed by atoms with van der Waals surface area (Å²) in [4.78, 5) is 2.54. The maximum absolute atomic E-state index is 2.64. The van der Waals surface area contributed by atoms with E-state index in [1.54, 1.807) is 0 Å². The second kappa shape index (κ2) is 15.0. The number of nitrogens with zero attached hydrogens (tertiary/aromatic N) is 3. The molecule has 2 aliphatic carbocycles. The molecule has 2 fully saturated rings. The van der Waals surface area contributed by atoms with Gasteiger partial charge in [-0.2, -0.15) is 0 Å². The molecule has 0 amide bonds. The summed E-state index contributed by atoms with van der Waals surface area (Å²) in [5, 5.41) is 5.22. The highest BCUT2D eigenvalue weighted by molar-refractivity contribution is 6.13. The van der Waals surface area contributed by atoms with E-state index in [9.17, 15) is 0 Å². The number of hydrogen-bond acceptors (Lipinski definition) is 1. The maximum Gasteiger partial charge on any atom is 0.0584 e. The Morgan fingerprint density at radius 2 is 0.970 bits per heavy atom. The van der Waals surface area contributed by atoms with E-state index in [4.69, 9.17) is 0 Å². The second-order valence-electron chi connectivity index (χ2n) is 19.7. The van der Waals surface area contributed by atoms with Crippen LogP contribution in [0.15, 0.2) is 212 Å². The average Bonchev–Trinajstić information content (AvgIpc) is 3.90. The van der Waals surface area contributed by atoms with E-state index in [2.05, 4.69) is 233 Å². The molecule has 3 heterocycles. The third kappa shape index (κ3) is 5.70. The molecule has 3 heteroatoms. The molecule has 1 aliphatic heterocycles. The number of benzene rings is 9. The van der Waals surface area contributed by atoms with Gasteiger partial charge in [0.25, 0.3) is 0 Å². The van der Waals surface area contributed by atoms with Gasteiger partial charge in [-0.25, -0.2) is 0 Å². The number of anilines is 3. The molecule has 3 aliphatic rings. The standard InChI is InChI=1S/C64H51N3/c1-42-37-47-18-14-19-48(38-42)64(47)57-24-8-12-28-62(57)67-61-27-11-7-23-55(61)56-40-52(41-58(64)63(56)67)65(51-20-13-17-46(39-51)43-15-3-2-4-16-43)49-33-29-44(30-34-49)45-31-35-50(36-32-45)66-59-25-9-5-21-53(59)54-22-6-10-26-60(54)66/h2-13,15-17,20-36,39-42,47-48H,14,18-19,37-38H2,1H3/t42?,47-,48+,64?. The lowest BCUT2D eigenvalue weighted by Crippen LogP contribution is -2.52. The first kappa shape index (κ1) is 38.6. The maximum atomic E-state index is 2.64. The van der Waals surface area contributed by atoms with Crippen molar-refractivity contribution in [3.05, 3.63) is 223 Å². The molecule has 1 spiro atoms. The van der Waals surface area contributed by atoms with Gasteiger partial charge in [-0.3, -0.25) is 0 Å². The van der Waals surface area contributed by atoms with E-state index in [1.165, 1.54) is 126 Å². The number of para-hydroxylation sites is 4. The van der Waals surface area contributed by atoms with Gasteiger partial charge in [0.2, 0.25) is 0 Å². The average molecular weight is 862 g/mol. The van der Waals surface area contributed by atoms with Crippen molar-refractivity contribution in [1.82, 2.24) is 9.13 Å². The molecule has 0 radical (unpaired) electrons. The summed E-state index contributed by atoms with van der Waals surface area (Å²) in [5.74, 6) is 1.92. The van der Waals surface area contributed by atoms with Crippen LogP contribution >= 0.6 is 0 Å². The van der Waals surface area contributed by atoms with Crippen LogP contribution in [0, 0.1) is 17.8 Å². The van der Waals surface area contributed by atoms with Gasteiger partial charge in [-0.1, -0.05) is 153 Å². The van der Waals surface area contributed by atoms with E-state index in [-0.39, 0.29) is 5.41 Å². The summed E-state index contributed by atoms with van der Waals surface area (Å²) in [5.41, 5.74) is 19.1. The molecule has 4 atom stereocenters. The van der Waals surface area contributed by atoms with E-state index >= 15 is 0 Å². The van der Waals surface area contributed by atoms with Crippen LogP contribution in [0.1, 0.15) is 50.2 Å². The van der Waals surface area contributed by atoms with Gasteiger partial charge < -0.3 is 14.0 Å². The zero-order valence-corrected chi connectivity index (χ0v) is 37.8. The first-order chi connectivity index (χ1) is 33.1. The molecule has 11 aromatic rings. The molecular weight excluding hydrogens is 811 g/mol. The van der Waals surface area contributed by atoms with Gasteiger partial charge in [-0.05, 0) is 150 Å². The van der Waals surface area contributed by atoms with Crippen molar-refractivity contribution >= 4 is 60.7 Å². The predicted octanol–water partition coefficient (Wildman–Crippen LogP) is 17.1. The largest absolute Gasteiger partial charge is 0.310 e. The van der Waals surface area contributed by atoms with Crippen molar-refractivity contribution in [1.29, 1.82) is 0 Å². The Labute approximate surface area is 392 Å². The molecular formula is C64H51N3. The minimum absolute atomic E-state index is 0.0488. The topological polar surface area (TPSA) is 13.1 Å². The first-order valence-electron chi connectivity index (χ1n) is 24.5. The molecule has 322 valence electrons. The molecule has 2 bridgehead atoms. The van der Waals surface area contributed by atoms with Crippen molar-refractivity contribution in [3.63, 3.8) is 0 Å². The van der Waals surface area contributed by atoms with Crippen LogP contribution < -0.4 is 4.90 Å². The quantitative estimate of drug-likeness (QED) is 0.162. The summed E-state index contributed by atoms with van der Waals surface area (Å²) in [6.07, 6.45) is 6.45. The van der Waals surface area contributed by atoms with E-state index in [0.29, 0.717) is 11.8 Å². The number of hydrogen-bond donors (Lipinski definition) is 0. The van der Waals surface area contributed by atoms with Crippen molar-refractivity contribution < 1.29 is 0 Å². The van der Waals surface area contributed by atoms with Crippen LogP contribution in [-0.2, 0) is 5.41 Å². The second-order valence-corrected chi connectivity index (χ2v) is 19.7. The molecule has 2 aromatic heterocycles. The highest BCUT2D eigenvalue weighted by Crippen LogP contribution is 2.64. The Morgan fingerprint density at radius 3 is 1.66 bits per heavy atom. The fourth-order valence-electron chi connectivity index (χ4n) is 13.6. The summed E-state index contributed by atoms with van der Waals surface area (Å²) in [6.45, 7) is 2.52. The zero-order valence-electron chi connectivity index (χ0n) is 37.8. The fraction of sp³-hybridized carbons (Fsp3) is 0.156. The minimum Gasteiger partial charge on any atom is -0.310 e. The fourth-order valence-corrected chi connectivity index (χ4v) is 13.6. The van der Waals surface area contributed by atoms with Crippen LogP contribution in [-0.4, -0.2) is 9.13 Å². The van der Waals surface area contributed by atoms with Crippen LogP contribution in [0.3, 0.4) is 0 Å². The summed E-state index contributed by atoms with van der Waals surface area (Å²) >= 11 is 0. The summed E-state index contributed by atoms with van der Waals surface area (Å²) in [6, 6.07) is 79.7.